The molecule has 0 atom stereocenters. The molecule has 4 heteroatoms. The standard InChI is InChI=1S/C19H26BNO2/c1-19(2,3)23-18(22)13-9-10-14-15(11-13)21-17(20)16(14)12-7-5-4-6-8-12/h9-12,21H,4-8,20H2,1-3H3. The van der Waals surface area contributed by atoms with Gasteiger partial charge in [0.25, 0.3) is 0 Å². The Morgan fingerprint density at radius 1 is 1.22 bits per heavy atom. The fraction of sp³-hybridized carbons (Fsp3) is 0.526. The van der Waals surface area contributed by atoms with E-state index in [1.165, 1.54) is 48.6 Å². The van der Waals surface area contributed by atoms with Gasteiger partial charge in [0.05, 0.1) is 5.56 Å². The summed E-state index contributed by atoms with van der Waals surface area (Å²) in [4.78, 5) is 15.7. The Bertz CT molecular complexity index is 721. The molecule has 3 rings (SSSR count). The molecule has 1 aromatic heterocycles. The molecule has 0 radical (unpaired) electrons. The molecule has 0 spiro atoms. The molecule has 3 nitrogen and oxygen atoms in total. The molecule has 1 heterocycles. The first-order chi connectivity index (χ1) is 10.8. The van der Waals surface area contributed by atoms with Gasteiger partial charge in [-0.2, -0.15) is 0 Å². The van der Waals surface area contributed by atoms with Crippen molar-refractivity contribution in [3.8, 4) is 0 Å². The topological polar surface area (TPSA) is 42.1 Å². The van der Waals surface area contributed by atoms with Gasteiger partial charge in [0.2, 0.25) is 0 Å². The van der Waals surface area contributed by atoms with E-state index in [4.69, 9.17) is 4.74 Å². The number of carbonyl (C=O) groups excluding carboxylic acids is 1. The molecule has 1 aliphatic rings. The Morgan fingerprint density at radius 2 is 1.91 bits per heavy atom. The molecule has 1 fully saturated rings. The van der Waals surface area contributed by atoms with Gasteiger partial charge in [-0.15, -0.1) is 0 Å². The molecule has 1 aliphatic carbocycles. The first-order valence-electron chi connectivity index (χ1n) is 8.71. The highest BCUT2D eigenvalue weighted by atomic mass is 16.6. The van der Waals surface area contributed by atoms with Gasteiger partial charge in [-0.05, 0) is 62.8 Å². The van der Waals surface area contributed by atoms with Crippen LogP contribution in [-0.4, -0.2) is 24.4 Å². The minimum Gasteiger partial charge on any atom is -0.456 e. The van der Waals surface area contributed by atoms with Crippen LogP contribution in [0.3, 0.4) is 0 Å². The maximum Gasteiger partial charge on any atom is 0.338 e. The molecule has 1 aromatic carbocycles. The molecule has 0 amide bonds. The molecule has 2 aromatic rings. The van der Waals surface area contributed by atoms with E-state index in [0.29, 0.717) is 11.5 Å². The lowest BCUT2D eigenvalue weighted by molar-refractivity contribution is 0.00697. The summed E-state index contributed by atoms with van der Waals surface area (Å²) >= 11 is 0. The summed E-state index contributed by atoms with van der Waals surface area (Å²) in [5.74, 6) is 0.399. The molecular formula is C19H26BNO2. The molecule has 1 saturated carbocycles. The quantitative estimate of drug-likeness (QED) is 0.682. The molecule has 0 aliphatic heterocycles. The average molecular weight is 311 g/mol. The van der Waals surface area contributed by atoms with Gasteiger partial charge in [-0.3, -0.25) is 0 Å². The van der Waals surface area contributed by atoms with Crippen molar-refractivity contribution in [3.63, 3.8) is 0 Å². The predicted molar refractivity (Wildman–Crippen MR) is 97.5 cm³/mol. The number of aromatic nitrogens is 1. The monoisotopic (exact) mass is 311 g/mol. The van der Waals surface area contributed by atoms with Crippen molar-refractivity contribution in [2.45, 2.75) is 64.4 Å². The van der Waals surface area contributed by atoms with Crippen LogP contribution in [-0.2, 0) is 4.74 Å². The molecule has 23 heavy (non-hydrogen) atoms. The first-order valence-corrected chi connectivity index (χ1v) is 8.71. The fourth-order valence-corrected chi connectivity index (χ4v) is 3.74. The third kappa shape index (κ3) is 3.46. The summed E-state index contributed by atoms with van der Waals surface area (Å²) in [6.45, 7) is 5.68. The SMILES string of the molecule is Bc1[nH]c2cc(C(=O)OC(C)(C)C)ccc2c1C1CCCCC1. The van der Waals surface area contributed by atoms with Crippen LogP contribution < -0.4 is 5.59 Å². The molecule has 0 unspecified atom stereocenters. The molecule has 1 N–H and O–H groups in total. The third-order valence-corrected chi connectivity index (χ3v) is 4.68. The normalized spacial score (nSPS) is 16.7. The largest absolute Gasteiger partial charge is 0.456 e. The second-order valence-electron chi connectivity index (χ2n) is 7.76. The number of carbonyl (C=O) groups is 1. The van der Waals surface area contributed by atoms with E-state index in [1.807, 2.05) is 32.9 Å². The molecule has 0 bridgehead atoms. The van der Waals surface area contributed by atoms with Crippen molar-refractivity contribution < 1.29 is 9.53 Å². The van der Waals surface area contributed by atoms with E-state index in [9.17, 15) is 4.79 Å². The number of nitrogens with one attached hydrogen (secondary N) is 1. The van der Waals surface area contributed by atoms with Crippen LogP contribution >= 0.6 is 0 Å². The predicted octanol–water partition coefficient (Wildman–Crippen LogP) is 3.43. The summed E-state index contributed by atoms with van der Waals surface area (Å²) in [6, 6.07) is 5.92. The molecular weight excluding hydrogens is 285 g/mol. The van der Waals surface area contributed by atoms with Gasteiger partial charge in [-0.1, -0.05) is 25.3 Å². The summed E-state index contributed by atoms with van der Waals surface area (Å²) in [5, 5.41) is 1.27. The summed E-state index contributed by atoms with van der Waals surface area (Å²) in [5.41, 5.74) is 3.89. The van der Waals surface area contributed by atoms with Crippen LogP contribution in [0.4, 0.5) is 0 Å². The van der Waals surface area contributed by atoms with Crippen molar-refractivity contribution >= 4 is 30.3 Å². The summed E-state index contributed by atoms with van der Waals surface area (Å²) < 4.78 is 5.47. The zero-order valence-electron chi connectivity index (χ0n) is 14.7. The lowest BCUT2D eigenvalue weighted by Gasteiger charge is -2.22. The van der Waals surface area contributed by atoms with Crippen molar-refractivity contribution in [3.05, 3.63) is 29.3 Å². The van der Waals surface area contributed by atoms with E-state index in [-0.39, 0.29) is 5.97 Å². The second-order valence-corrected chi connectivity index (χ2v) is 7.76. The maximum atomic E-state index is 12.3. The number of hydrogen-bond donors (Lipinski definition) is 1. The van der Waals surface area contributed by atoms with Gasteiger partial charge in [-0.25, -0.2) is 4.79 Å². The molecule has 0 saturated heterocycles. The Balaban J connectivity index is 1.94. The van der Waals surface area contributed by atoms with Gasteiger partial charge in [0, 0.05) is 10.9 Å². The zero-order valence-corrected chi connectivity index (χ0v) is 14.7. The Kier molecular flexibility index (Phi) is 4.26. The Labute approximate surface area is 139 Å². The lowest BCUT2D eigenvalue weighted by atomic mass is 9.80. The Hall–Kier alpha value is -1.71. The average Bonchev–Trinajstić information content (AvgIpc) is 2.81. The number of benzene rings is 1. The number of aromatic amines is 1. The number of ether oxygens (including phenoxy) is 1. The van der Waals surface area contributed by atoms with Crippen LogP contribution in [0.1, 0.15) is 74.7 Å². The van der Waals surface area contributed by atoms with E-state index < -0.39 is 5.60 Å². The Morgan fingerprint density at radius 3 is 2.57 bits per heavy atom. The van der Waals surface area contributed by atoms with Crippen molar-refractivity contribution in [1.29, 1.82) is 0 Å². The van der Waals surface area contributed by atoms with Crippen LogP contribution in [0.2, 0.25) is 0 Å². The first kappa shape index (κ1) is 16.2. The highest BCUT2D eigenvalue weighted by Crippen LogP contribution is 2.35. The number of rotatable bonds is 2. The highest BCUT2D eigenvalue weighted by molar-refractivity contribution is 6.34. The van der Waals surface area contributed by atoms with Crippen molar-refractivity contribution in [2.24, 2.45) is 0 Å². The summed E-state index contributed by atoms with van der Waals surface area (Å²) in [7, 11) is 2.15. The smallest absolute Gasteiger partial charge is 0.338 e. The fourth-order valence-electron chi connectivity index (χ4n) is 3.74. The molecule has 122 valence electrons. The maximum absolute atomic E-state index is 12.3. The summed E-state index contributed by atoms with van der Waals surface area (Å²) in [6.07, 6.45) is 6.57. The number of hydrogen-bond acceptors (Lipinski definition) is 2. The van der Waals surface area contributed by atoms with E-state index in [1.54, 1.807) is 0 Å². The zero-order chi connectivity index (χ0) is 16.6. The number of fused-ring (bicyclic) bond motifs is 1. The second kappa shape index (κ2) is 6.07. The lowest BCUT2D eigenvalue weighted by Crippen LogP contribution is -2.23. The minimum absolute atomic E-state index is 0.258. The third-order valence-electron chi connectivity index (χ3n) is 4.68. The number of H-pyrrole nitrogens is 1. The number of esters is 1. The van der Waals surface area contributed by atoms with Crippen LogP contribution in [0.15, 0.2) is 18.2 Å². The van der Waals surface area contributed by atoms with Gasteiger partial charge in [0.1, 0.15) is 5.60 Å². The van der Waals surface area contributed by atoms with Gasteiger partial charge in [0.15, 0.2) is 7.85 Å². The minimum atomic E-state index is -0.467. The van der Waals surface area contributed by atoms with Crippen LogP contribution in [0.5, 0.6) is 0 Å². The van der Waals surface area contributed by atoms with Gasteiger partial charge < -0.3 is 9.72 Å². The van der Waals surface area contributed by atoms with E-state index >= 15 is 0 Å². The van der Waals surface area contributed by atoms with Gasteiger partial charge >= 0.3 is 5.97 Å². The van der Waals surface area contributed by atoms with Crippen LogP contribution in [0.25, 0.3) is 10.9 Å². The van der Waals surface area contributed by atoms with E-state index in [2.05, 4.69) is 18.9 Å². The van der Waals surface area contributed by atoms with E-state index in [0.717, 1.165) is 5.52 Å². The van der Waals surface area contributed by atoms with Crippen LogP contribution in [0, 0.1) is 0 Å². The van der Waals surface area contributed by atoms with Crippen molar-refractivity contribution in [2.75, 3.05) is 0 Å². The van der Waals surface area contributed by atoms with Crippen molar-refractivity contribution in [1.82, 2.24) is 4.98 Å². The highest BCUT2D eigenvalue weighted by Gasteiger charge is 2.22.